The zero-order chi connectivity index (χ0) is 19.1. The maximum Gasteiger partial charge on any atom is 0.343 e. The topological polar surface area (TPSA) is 44.8 Å². The van der Waals surface area contributed by atoms with Crippen LogP contribution < -0.4 is 14.2 Å². The monoisotopic (exact) mass is 360 g/mol. The van der Waals surface area contributed by atoms with Gasteiger partial charge in [0, 0.05) is 0 Å². The number of benzene rings is 3. The van der Waals surface area contributed by atoms with Gasteiger partial charge in [0.1, 0.15) is 17.2 Å². The predicted molar refractivity (Wildman–Crippen MR) is 105 cm³/mol. The Labute approximate surface area is 158 Å². The molecule has 0 aromatic heterocycles. The lowest BCUT2D eigenvalue weighted by molar-refractivity contribution is 0.0734. The summed E-state index contributed by atoms with van der Waals surface area (Å²) in [6, 6.07) is 23.3. The zero-order valence-electron chi connectivity index (χ0n) is 15.1. The van der Waals surface area contributed by atoms with Gasteiger partial charge in [-0.15, -0.1) is 0 Å². The summed E-state index contributed by atoms with van der Waals surface area (Å²) in [5, 5.41) is 0. The first-order valence-corrected chi connectivity index (χ1v) is 8.50. The SMILES string of the molecule is C=C(C)c1ccc(OCOc2ccc(OC(=O)c3ccccc3)cc2)cc1. The average molecular weight is 360 g/mol. The van der Waals surface area contributed by atoms with E-state index in [0.29, 0.717) is 22.8 Å². The van der Waals surface area contributed by atoms with Gasteiger partial charge in [0.25, 0.3) is 0 Å². The first kappa shape index (κ1) is 18.3. The summed E-state index contributed by atoms with van der Waals surface area (Å²) in [5.41, 5.74) is 2.58. The van der Waals surface area contributed by atoms with E-state index in [-0.39, 0.29) is 6.79 Å². The first-order valence-electron chi connectivity index (χ1n) is 8.50. The van der Waals surface area contributed by atoms with Crippen LogP contribution in [0.2, 0.25) is 0 Å². The molecular formula is C23H20O4. The van der Waals surface area contributed by atoms with Crippen molar-refractivity contribution in [2.75, 3.05) is 6.79 Å². The van der Waals surface area contributed by atoms with Crippen molar-refractivity contribution in [3.8, 4) is 17.2 Å². The van der Waals surface area contributed by atoms with E-state index in [1.165, 1.54) is 0 Å². The van der Waals surface area contributed by atoms with Crippen LogP contribution in [0.3, 0.4) is 0 Å². The van der Waals surface area contributed by atoms with Gasteiger partial charge in [0.05, 0.1) is 5.56 Å². The number of esters is 1. The molecule has 0 aliphatic rings. The van der Waals surface area contributed by atoms with Crippen LogP contribution >= 0.6 is 0 Å². The van der Waals surface area contributed by atoms with E-state index < -0.39 is 5.97 Å². The highest BCUT2D eigenvalue weighted by Crippen LogP contribution is 2.20. The summed E-state index contributed by atoms with van der Waals surface area (Å²) >= 11 is 0. The average Bonchev–Trinajstić information content (AvgIpc) is 2.70. The van der Waals surface area contributed by atoms with Gasteiger partial charge in [0.15, 0.2) is 0 Å². The molecule has 0 heterocycles. The molecule has 3 rings (SSSR count). The highest BCUT2D eigenvalue weighted by Gasteiger charge is 2.07. The van der Waals surface area contributed by atoms with Gasteiger partial charge in [-0.2, -0.15) is 0 Å². The summed E-state index contributed by atoms with van der Waals surface area (Å²) in [4.78, 5) is 12.0. The Morgan fingerprint density at radius 1 is 0.741 bits per heavy atom. The van der Waals surface area contributed by atoms with Crippen molar-refractivity contribution in [3.63, 3.8) is 0 Å². The van der Waals surface area contributed by atoms with Crippen LogP contribution in [0.5, 0.6) is 17.2 Å². The number of ether oxygens (including phenoxy) is 3. The Kier molecular flexibility index (Phi) is 5.90. The van der Waals surface area contributed by atoms with Gasteiger partial charge in [-0.1, -0.05) is 42.5 Å². The number of carbonyl (C=O) groups is 1. The molecule has 0 aliphatic heterocycles. The van der Waals surface area contributed by atoms with Crippen molar-refractivity contribution in [3.05, 3.63) is 96.6 Å². The second-order valence-corrected chi connectivity index (χ2v) is 5.94. The summed E-state index contributed by atoms with van der Waals surface area (Å²) in [6.45, 7) is 5.94. The predicted octanol–water partition coefficient (Wildman–Crippen LogP) is 5.35. The third kappa shape index (κ3) is 5.22. The zero-order valence-corrected chi connectivity index (χ0v) is 15.1. The van der Waals surface area contributed by atoms with Gasteiger partial charge >= 0.3 is 5.97 Å². The summed E-state index contributed by atoms with van der Waals surface area (Å²) in [5.74, 6) is 1.39. The fourth-order valence-electron chi connectivity index (χ4n) is 2.35. The lowest BCUT2D eigenvalue weighted by atomic mass is 10.1. The van der Waals surface area contributed by atoms with Gasteiger partial charge in [-0.25, -0.2) is 4.79 Å². The summed E-state index contributed by atoms with van der Waals surface area (Å²) in [7, 11) is 0. The molecule has 0 atom stereocenters. The van der Waals surface area contributed by atoms with Crippen LogP contribution in [0.25, 0.3) is 5.57 Å². The number of rotatable bonds is 7. The molecule has 0 unspecified atom stereocenters. The molecule has 0 N–H and O–H groups in total. The molecule has 27 heavy (non-hydrogen) atoms. The smallest absolute Gasteiger partial charge is 0.343 e. The van der Waals surface area contributed by atoms with Crippen LogP contribution in [-0.4, -0.2) is 12.8 Å². The van der Waals surface area contributed by atoms with Crippen LogP contribution in [0.4, 0.5) is 0 Å². The normalized spacial score (nSPS) is 10.1. The Balaban J connectivity index is 1.49. The molecule has 0 saturated heterocycles. The molecule has 3 aromatic rings. The van der Waals surface area contributed by atoms with Crippen molar-refractivity contribution in [2.24, 2.45) is 0 Å². The number of carbonyl (C=O) groups excluding carboxylic acids is 1. The van der Waals surface area contributed by atoms with E-state index in [0.717, 1.165) is 11.1 Å². The fraction of sp³-hybridized carbons (Fsp3) is 0.0870. The van der Waals surface area contributed by atoms with E-state index in [1.54, 1.807) is 48.5 Å². The number of hydrogen-bond acceptors (Lipinski definition) is 4. The highest BCUT2D eigenvalue weighted by molar-refractivity contribution is 5.90. The molecule has 0 aliphatic carbocycles. The molecule has 0 fully saturated rings. The van der Waals surface area contributed by atoms with Crippen molar-refractivity contribution in [1.29, 1.82) is 0 Å². The third-order valence-corrected chi connectivity index (χ3v) is 3.84. The Morgan fingerprint density at radius 2 is 1.26 bits per heavy atom. The molecule has 4 heteroatoms. The van der Waals surface area contributed by atoms with E-state index in [4.69, 9.17) is 14.2 Å². The summed E-state index contributed by atoms with van der Waals surface area (Å²) in [6.07, 6.45) is 0. The largest absolute Gasteiger partial charge is 0.458 e. The maximum absolute atomic E-state index is 12.0. The fourth-order valence-corrected chi connectivity index (χ4v) is 2.35. The molecule has 0 saturated carbocycles. The van der Waals surface area contributed by atoms with E-state index in [1.807, 2.05) is 37.3 Å². The maximum atomic E-state index is 12.0. The van der Waals surface area contributed by atoms with Crippen LogP contribution in [0, 0.1) is 0 Å². The molecule has 0 spiro atoms. The van der Waals surface area contributed by atoms with Crippen molar-refractivity contribution in [1.82, 2.24) is 0 Å². The molecule has 0 amide bonds. The second kappa shape index (κ2) is 8.72. The van der Waals surface area contributed by atoms with E-state index in [9.17, 15) is 4.79 Å². The van der Waals surface area contributed by atoms with Gasteiger partial charge in [-0.3, -0.25) is 0 Å². The Hall–Kier alpha value is -3.53. The Bertz CT molecular complexity index is 897. The lowest BCUT2D eigenvalue weighted by Crippen LogP contribution is -2.08. The minimum Gasteiger partial charge on any atom is -0.458 e. The third-order valence-electron chi connectivity index (χ3n) is 3.84. The molecule has 0 bridgehead atoms. The molecule has 136 valence electrons. The van der Waals surface area contributed by atoms with Crippen LogP contribution in [0.15, 0.2) is 85.4 Å². The van der Waals surface area contributed by atoms with E-state index >= 15 is 0 Å². The number of allylic oxidation sites excluding steroid dienone is 1. The standard InChI is InChI=1S/C23H20O4/c1-17(2)18-8-10-20(11-9-18)25-16-26-21-12-14-22(15-13-21)27-23(24)19-6-4-3-5-7-19/h3-15H,1,16H2,2H3. The van der Waals surface area contributed by atoms with Crippen molar-refractivity contribution >= 4 is 11.5 Å². The quantitative estimate of drug-likeness (QED) is 0.323. The van der Waals surface area contributed by atoms with Gasteiger partial charge < -0.3 is 14.2 Å². The minimum atomic E-state index is -0.397. The van der Waals surface area contributed by atoms with Gasteiger partial charge in [0.2, 0.25) is 6.79 Å². The van der Waals surface area contributed by atoms with E-state index in [2.05, 4.69) is 6.58 Å². The minimum absolute atomic E-state index is 0.0789. The second-order valence-electron chi connectivity index (χ2n) is 5.94. The highest BCUT2D eigenvalue weighted by atomic mass is 16.7. The first-order chi connectivity index (χ1) is 13.1. The molecule has 3 aromatic carbocycles. The van der Waals surface area contributed by atoms with Crippen molar-refractivity contribution in [2.45, 2.75) is 6.92 Å². The van der Waals surface area contributed by atoms with Gasteiger partial charge in [-0.05, 0) is 61.0 Å². The van der Waals surface area contributed by atoms with Crippen LogP contribution in [0.1, 0.15) is 22.8 Å². The summed E-state index contributed by atoms with van der Waals surface area (Å²) < 4.78 is 16.4. The lowest BCUT2D eigenvalue weighted by Gasteiger charge is -2.10. The van der Waals surface area contributed by atoms with Crippen molar-refractivity contribution < 1.29 is 19.0 Å². The molecule has 4 nitrogen and oxygen atoms in total. The number of hydrogen-bond donors (Lipinski definition) is 0. The molecule has 0 radical (unpaired) electrons. The molecular weight excluding hydrogens is 340 g/mol. The Morgan fingerprint density at radius 3 is 1.81 bits per heavy atom. The van der Waals surface area contributed by atoms with Crippen LogP contribution in [-0.2, 0) is 0 Å².